The molecule has 0 saturated carbocycles. The molecule has 0 unspecified atom stereocenters. The quantitative estimate of drug-likeness (QED) is 0.112. The number of nitrogens with one attached hydrogen (secondary N) is 2. The van der Waals surface area contributed by atoms with Gasteiger partial charge in [-0.05, 0) is 82.9 Å². The number of anilines is 4. The molecule has 0 spiro atoms. The third-order valence-electron chi connectivity index (χ3n) is 11.3. The molecular formula is C54H40N6S2. The van der Waals surface area contributed by atoms with Gasteiger partial charge in [0.25, 0.3) is 0 Å². The molecule has 298 valence electrons. The Kier molecular flexibility index (Phi) is 10.3. The molecule has 0 bridgehead atoms. The molecule has 2 N–H and O–H groups in total. The van der Waals surface area contributed by atoms with Crippen molar-refractivity contribution in [3.63, 3.8) is 0 Å². The van der Waals surface area contributed by atoms with Crippen LogP contribution in [0.15, 0.2) is 215 Å². The van der Waals surface area contributed by atoms with E-state index in [9.17, 15) is 0 Å². The summed E-state index contributed by atoms with van der Waals surface area (Å²) in [5, 5.41) is 26.1. The summed E-state index contributed by atoms with van der Waals surface area (Å²) in [5.41, 5.74) is 12.9. The molecule has 0 saturated heterocycles. The fourth-order valence-electron chi connectivity index (χ4n) is 8.40. The molecule has 8 aromatic rings. The van der Waals surface area contributed by atoms with Crippen LogP contribution in [0, 0.1) is 0 Å². The van der Waals surface area contributed by atoms with Crippen LogP contribution >= 0.6 is 24.4 Å². The maximum Gasteiger partial charge on any atom is 0.139 e. The number of fused-ring (bicyclic) bond motifs is 2. The van der Waals surface area contributed by atoms with E-state index in [1.807, 2.05) is 96.7 Å². The fourth-order valence-corrected chi connectivity index (χ4v) is 9.20. The normalized spacial score (nSPS) is 15.5. The third kappa shape index (κ3) is 7.05. The number of benzene rings is 8. The van der Waals surface area contributed by atoms with Crippen LogP contribution in [0.1, 0.15) is 25.0 Å². The maximum atomic E-state index is 6.28. The van der Waals surface area contributed by atoms with Crippen LogP contribution < -0.4 is 20.7 Å². The van der Waals surface area contributed by atoms with Crippen molar-refractivity contribution in [2.45, 2.75) is 13.8 Å². The van der Waals surface area contributed by atoms with Gasteiger partial charge >= 0.3 is 0 Å². The lowest BCUT2D eigenvalue weighted by molar-refractivity contribution is 1.17. The molecule has 0 aliphatic carbocycles. The SMILES string of the molecule is CC1=NN(c2ccccc2)C(=S)C1=C(Nc1ccc2ccccc2c1-c1c(NC(=C2C(=S)N(c3ccccc3)N=C2C)c2ccccc2)ccc2ccccc12)c1ccccc1. The Hall–Kier alpha value is -7.52. The van der Waals surface area contributed by atoms with Crippen molar-refractivity contribution in [1.82, 2.24) is 0 Å². The second kappa shape index (κ2) is 16.5. The molecule has 2 aliphatic heterocycles. The van der Waals surface area contributed by atoms with Crippen molar-refractivity contribution in [3.05, 3.63) is 216 Å². The molecule has 8 aromatic carbocycles. The molecule has 6 nitrogen and oxygen atoms in total. The Labute approximate surface area is 371 Å². The van der Waals surface area contributed by atoms with Gasteiger partial charge in [-0.1, -0.05) is 182 Å². The average molecular weight is 837 g/mol. The molecule has 2 aliphatic rings. The molecule has 0 amide bonds. The van der Waals surface area contributed by atoms with Gasteiger partial charge in [-0.25, -0.2) is 10.0 Å². The summed E-state index contributed by atoms with van der Waals surface area (Å²) in [5.74, 6) is 0. The van der Waals surface area contributed by atoms with Gasteiger partial charge in [0.15, 0.2) is 0 Å². The highest BCUT2D eigenvalue weighted by molar-refractivity contribution is 7.81. The number of hydrogen-bond donors (Lipinski definition) is 2. The van der Waals surface area contributed by atoms with E-state index < -0.39 is 0 Å². The minimum absolute atomic E-state index is 0.628. The van der Waals surface area contributed by atoms with E-state index in [0.717, 1.165) is 101 Å². The summed E-state index contributed by atoms with van der Waals surface area (Å²) in [6.07, 6.45) is 0. The minimum Gasteiger partial charge on any atom is -0.354 e. The first-order chi connectivity index (χ1) is 30.4. The smallest absolute Gasteiger partial charge is 0.139 e. The minimum atomic E-state index is 0.628. The largest absolute Gasteiger partial charge is 0.354 e. The standard InChI is InChI=1S/C54H40N6S2/c1-35-47(53(61)59(57-35)41-25-11-5-12-26-41)51(39-21-7-3-8-22-39)55-45-33-31-37-19-15-17-29-43(37)49(45)50-44-30-18-16-20-38(44)32-34-46(50)56-52(40-23-9-4-10-24-40)48-36(2)58-60(54(48)62)42-27-13-6-14-28-42/h3-34,55-56H,1-2H3. The lowest BCUT2D eigenvalue weighted by Gasteiger charge is -2.24. The number of thiocarbonyl (C=S) groups is 2. The topological polar surface area (TPSA) is 55.3 Å². The predicted molar refractivity (Wildman–Crippen MR) is 270 cm³/mol. The summed E-state index contributed by atoms with van der Waals surface area (Å²) >= 11 is 12.6. The van der Waals surface area contributed by atoms with Crippen molar-refractivity contribution in [3.8, 4) is 11.1 Å². The molecule has 0 radical (unpaired) electrons. The van der Waals surface area contributed by atoms with E-state index in [0.29, 0.717) is 9.98 Å². The molecule has 0 atom stereocenters. The Morgan fingerprint density at radius 1 is 0.403 bits per heavy atom. The zero-order valence-electron chi connectivity index (χ0n) is 34.1. The summed E-state index contributed by atoms with van der Waals surface area (Å²) < 4.78 is 0. The van der Waals surface area contributed by atoms with Crippen LogP contribution in [0.5, 0.6) is 0 Å². The Bertz CT molecular complexity index is 2960. The monoisotopic (exact) mass is 836 g/mol. The Balaban J connectivity index is 1.20. The van der Waals surface area contributed by atoms with E-state index in [1.54, 1.807) is 0 Å². The van der Waals surface area contributed by atoms with Crippen LogP contribution in [-0.2, 0) is 0 Å². The molecular weight excluding hydrogens is 797 g/mol. The number of para-hydroxylation sites is 2. The van der Waals surface area contributed by atoms with Crippen LogP contribution in [0.3, 0.4) is 0 Å². The van der Waals surface area contributed by atoms with Crippen molar-refractivity contribution in [1.29, 1.82) is 0 Å². The fraction of sp³-hybridized carbons (Fsp3) is 0.0370. The van der Waals surface area contributed by atoms with Crippen molar-refractivity contribution < 1.29 is 0 Å². The van der Waals surface area contributed by atoms with Crippen molar-refractivity contribution >= 4 is 102 Å². The first kappa shape index (κ1) is 38.7. The Morgan fingerprint density at radius 2 is 0.742 bits per heavy atom. The summed E-state index contributed by atoms with van der Waals surface area (Å²) in [4.78, 5) is 1.26. The van der Waals surface area contributed by atoms with Gasteiger partial charge in [0, 0.05) is 22.5 Å². The van der Waals surface area contributed by atoms with Crippen LogP contribution in [0.4, 0.5) is 22.7 Å². The maximum absolute atomic E-state index is 6.28. The van der Waals surface area contributed by atoms with Crippen LogP contribution in [0.25, 0.3) is 44.1 Å². The molecule has 0 fully saturated rings. The third-order valence-corrected chi connectivity index (χ3v) is 12.0. The Morgan fingerprint density at radius 3 is 1.13 bits per heavy atom. The molecule has 10 rings (SSSR count). The zero-order chi connectivity index (χ0) is 42.2. The predicted octanol–water partition coefficient (Wildman–Crippen LogP) is 13.8. The van der Waals surface area contributed by atoms with E-state index in [1.165, 1.54) is 0 Å². The lowest BCUT2D eigenvalue weighted by atomic mass is 9.90. The lowest BCUT2D eigenvalue weighted by Crippen LogP contribution is -2.21. The summed E-state index contributed by atoms with van der Waals surface area (Å²) in [6, 6.07) is 66.8. The van der Waals surface area contributed by atoms with E-state index in [4.69, 9.17) is 34.6 Å². The zero-order valence-corrected chi connectivity index (χ0v) is 35.7. The number of hydrogen-bond acceptors (Lipinski definition) is 6. The molecule has 0 aromatic heterocycles. The number of rotatable bonds is 9. The summed E-state index contributed by atoms with van der Waals surface area (Å²) in [6.45, 7) is 4.05. The molecule has 8 heteroatoms. The first-order valence-electron chi connectivity index (χ1n) is 20.5. The van der Waals surface area contributed by atoms with Crippen molar-refractivity contribution in [2.75, 3.05) is 20.7 Å². The second-order valence-electron chi connectivity index (χ2n) is 15.2. The van der Waals surface area contributed by atoms with Crippen LogP contribution in [-0.4, -0.2) is 21.4 Å². The van der Waals surface area contributed by atoms with Gasteiger partial charge in [0.05, 0.1) is 45.3 Å². The molecule has 62 heavy (non-hydrogen) atoms. The second-order valence-corrected chi connectivity index (χ2v) is 15.9. The van der Waals surface area contributed by atoms with Gasteiger partial charge in [-0.2, -0.15) is 10.2 Å². The highest BCUT2D eigenvalue weighted by atomic mass is 32.1. The van der Waals surface area contributed by atoms with E-state index in [-0.39, 0.29) is 0 Å². The van der Waals surface area contributed by atoms with Crippen molar-refractivity contribution in [2.24, 2.45) is 10.2 Å². The van der Waals surface area contributed by atoms with E-state index in [2.05, 4.69) is 132 Å². The van der Waals surface area contributed by atoms with E-state index >= 15 is 0 Å². The van der Waals surface area contributed by atoms with Gasteiger partial charge in [0.1, 0.15) is 9.98 Å². The number of hydrazone groups is 2. The van der Waals surface area contributed by atoms with Gasteiger partial charge in [0.2, 0.25) is 0 Å². The van der Waals surface area contributed by atoms with Crippen LogP contribution in [0.2, 0.25) is 0 Å². The van der Waals surface area contributed by atoms with Gasteiger partial charge < -0.3 is 10.6 Å². The number of nitrogens with zero attached hydrogens (tertiary/aromatic N) is 4. The summed E-state index contributed by atoms with van der Waals surface area (Å²) in [7, 11) is 0. The highest BCUT2D eigenvalue weighted by Crippen LogP contribution is 2.46. The first-order valence-corrected chi connectivity index (χ1v) is 21.3. The van der Waals surface area contributed by atoms with Gasteiger partial charge in [-0.15, -0.1) is 0 Å². The molecule has 2 heterocycles. The highest BCUT2D eigenvalue weighted by Gasteiger charge is 2.32. The van der Waals surface area contributed by atoms with Gasteiger partial charge in [-0.3, -0.25) is 0 Å². The average Bonchev–Trinajstić information content (AvgIpc) is 3.79.